The van der Waals surface area contributed by atoms with Crippen LogP contribution in [0.25, 0.3) is 6.08 Å². The van der Waals surface area contributed by atoms with Crippen LogP contribution in [0.1, 0.15) is 111 Å². The molecule has 232 valence electrons. The van der Waals surface area contributed by atoms with E-state index in [0.29, 0.717) is 28.4 Å². The van der Waals surface area contributed by atoms with Gasteiger partial charge in [0.1, 0.15) is 6.10 Å². The Kier molecular flexibility index (Phi) is 9.22. The molecule has 5 rings (SSSR count). The van der Waals surface area contributed by atoms with E-state index in [1.165, 1.54) is 76.5 Å². The van der Waals surface area contributed by atoms with Crippen LogP contribution in [-0.4, -0.2) is 24.3 Å². The average Bonchev–Trinajstić information content (AvgIpc) is 3.32. The Morgan fingerprint density at radius 3 is 2.52 bits per heavy atom. The number of allylic oxidation sites excluding steroid dienone is 1. The fourth-order valence-electron chi connectivity index (χ4n) is 10.4. The molecule has 1 aromatic rings. The molecule has 4 heteroatoms. The molecule has 4 fully saturated rings. The van der Waals surface area contributed by atoms with Crippen molar-refractivity contribution in [3.05, 3.63) is 42.0 Å². The number of ether oxygens (including phenoxy) is 2. The lowest BCUT2D eigenvalue weighted by molar-refractivity contribution is -0.157. The lowest BCUT2D eigenvalue weighted by Gasteiger charge is -2.61. The van der Waals surface area contributed by atoms with E-state index >= 15 is 0 Å². The number of aromatic hydroxyl groups is 1. The summed E-state index contributed by atoms with van der Waals surface area (Å²) in [4.78, 5) is 12.7. The minimum Gasteiger partial charge on any atom is -0.504 e. The Morgan fingerprint density at radius 1 is 1.05 bits per heavy atom. The van der Waals surface area contributed by atoms with E-state index in [1.54, 1.807) is 24.3 Å². The molecule has 1 N–H and O–H groups in total. The lowest BCUT2D eigenvalue weighted by atomic mass is 9.44. The Bertz CT molecular complexity index is 1170. The van der Waals surface area contributed by atoms with Gasteiger partial charge in [-0.25, -0.2) is 4.79 Å². The number of carbonyl (C=O) groups excluding carboxylic acids is 1. The second kappa shape index (κ2) is 12.4. The van der Waals surface area contributed by atoms with Crippen LogP contribution >= 0.6 is 0 Å². The fraction of sp³-hybridized carbons (Fsp3) is 0.711. The van der Waals surface area contributed by atoms with Gasteiger partial charge in [-0.3, -0.25) is 0 Å². The van der Waals surface area contributed by atoms with E-state index in [2.05, 4.69) is 41.2 Å². The standard InChI is InChI=1S/C38H56O4/c1-24(2)25(3)8-9-26(4)31-14-15-32-30-13-12-28-23-29(18-20-37(28,5)33(30)19-21-38(31,32)6)42-36(40)17-11-27-10-16-34(39)35(22-27)41-7/h10-11,16-17,22,24,26,28-33,39H,3,8-9,12-15,18-21,23H2,1-2,4-7H3/t26-,28+,29+,30+,31-,32+,33+,37+,38-/m1/s1. The van der Waals surface area contributed by atoms with Crippen LogP contribution in [0.2, 0.25) is 0 Å². The monoisotopic (exact) mass is 576 g/mol. The summed E-state index contributed by atoms with van der Waals surface area (Å²) >= 11 is 0. The number of hydrogen-bond acceptors (Lipinski definition) is 4. The summed E-state index contributed by atoms with van der Waals surface area (Å²) < 4.78 is 11.2. The van der Waals surface area contributed by atoms with Gasteiger partial charge in [-0.1, -0.05) is 52.8 Å². The number of esters is 1. The largest absolute Gasteiger partial charge is 0.504 e. The van der Waals surface area contributed by atoms with Crippen molar-refractivity contribution in [2.45, 2.75) is 111 Å². The number of carbonyl (C=O) groups is 1. The van der Waals surface area contributed by atoms with Gasteiger partial charge in [0.15, 0.2) is 11.5 Å². The topological polar surface area (TPSA) is 55.8 Å². The summed E-state index contributed by atoms with van der Waals surface area (Å²) in [5.41, 5.74) is 3.10. The maximum absolute atomic E-state index is 12.7. The maximum atomic E-state index is 12.7. The van der Waals surface area contributed by atoms with Gasteiger partial charge < -0.3 is 14.6 Å². The molecule has 1 aromatic carbocycles. The van der Waals surface area contributed by atoms with E-state index in [1.807, 2.05) is 0 Å². The van der Waals surface area contributed by atoms with Crippen molar-refractivity contribution >= 4 is 12.0 Å². The highest BCUT2D eigenvalue weighted by atomic mass is 16.5. The molecule has 4 aliphatic carbocycles. The Hall–Kier alpha value is -2.23. The Labute approximate surface area is 255 Å². The van der Waals surface area contributed by atoms with Crippen molar-refractivity contribution in [3.8, 4) is 11.5 Å². The molecule has 42 heavy (non-hydrogen) atoms. The summed E-state index contributed by atoms with van der Waals surface area (Å²) in [6.45, 7) is 16.7. The van der Waals surface area contributed by atoms with Gasteiger partial charge in [0.05, 0.1) is 7.11 Å². The summed E-state index contributed by atoms with van der Waals surface area (Å²) in [7, 11) is 1.52. The zero-order chi connectivity index (χ0) is 30.2. The normalized spacial score (nSPS) is 36.6. The van der Waals surface area contributed by atoms with E-state index in [0.717, 1.165) is 48.0 Å². The molecule has 4 aliphatic rings. The summed E-state index contributed by atoms with van der Waals surface area (Å²) in [5, 5.41) is 9.82. The van der Waals surface area contributed by atoms with Gasteiger partial charge in [0.2, 0.25) is 0 Å². The van der Waals surface area contributed by atoms with Gasteiger partial charge in [-0.05, 0) is 147 Å². The minimum absolute atomic E-state index is 0.0114. The van der Waals surface area contributed by atoms with E-state index in [4.69, 9.17) is 9.47 Å². The molecule has 0 radical (unpaired) electrons. The van der Waals surface area contributed by atoms with E-state index < -0.39 is 0 Å². The predicted octanol–water partition coefficient (Wildman–Crippen LogP) is 9.61. The molecule has 0 spiro atoms. The van der Waals surface area contributed by atoms with Crippen molar-refractivity contribution in [2.24, 2.45) is 52.3 Å². The van der Waals surface area contributed by atoms with Crippen molar-refractivity contribution < 1.29 is 19.4 Å². The molecular weight excluding hydrogens is 520 g/mol. The highest BCUT2D eigenvalue weighted by Gasteiger charge is 2.60. The van der Waals surface area contributed by atoms with Crippen LogP contribution in [0.4, 0.5) is 0 Å². The number of hydrogen-bond donors (Lipinski definition) is 1. The summed E-state index contributed by atoms with van der Waals surface area (Å²) in [6, 6.07) is 5.06. The van der Waals surface area contributed by atoms with Crippen LogP contribution in [-0.2, 0) is 9.53 Å². The van der Waals surface area contributed by atoms with Crippen LogP contribution in [0.5, 0.6) is 11.5 Å². The third kappa shape index (κ3) is 5.93. The highest BCUT2D eigenvalue weighted by molar-refractivity contribution is 5.87. The van der Waals surface area contributed by atoms with Crippen LogP contribution in [0, 0.1) is 52.3 Å². The third-order valence-electron chi connectivity index (χ3n) is 13.0. The molecule has 4 saturated carbocycles. The lowest BCUT2D eigenvalue weighted by Crippen LogP contribution is -2.54. The molecule has 0 heterocycles. The van der Waals surface area contributed by atoms with E-state index in [9.17, 15) is 9.90 Å². The van der Waals surface area contributed by atoms with Crippen LogP contribution < -0.4 is 4.74 Å². The molecule has 0 bridgehead atoms. The van der Waals surface area contributed by atoms with Crippen molar-refractivity contribution in [1.29, 1.82) is 0 Å². The number of phenols is 1. The molecular formula is C38H56O4. The first-order chi connectivity index (χ1) is 20.0. The quantitative estimate of drug-likeness (QED) is 0.181. The number of methoxy groups -OCH3 is 1. The van der Waals surface area contributed by atoms with Crippen LogP contribution in [0.15, 0.2) is 36.4 Å². The Morgan fingerprint density at radius 2 is 1.79 bits per heavy atom. The Balaban J connectivity index is 1.18. The third-order valence-corrected chi connectivity index (χ3v) is 13.0. The first-order valence-corrected chi connectivity index (χ1v) is 16.9. The number of fused-ring (bicyclic) bond motifs is 5. The molecule has 0 amide bonds. The SMILES string of the molecule is C=C(CC[C@@H](C)[C@H]1CC[C@H]2[C@@H]3CC[C@H]4C[C@@H](OC(=O)C=Cc5ccc(O)c(OC)c5)CC[C@]4(C)[C@H]3CC[C@]12C)C(C)C. The van der Waals surface area contributed by atoms with E-state index in [-0.39, 0.29) is 17.8 Å². The number of rotatable bonds is 9. The van der Waals surface area contributed by atoms with Gasteiger partial charge in [0, 0.05) is 6.08 Å². The van der Waals surface area contributed by atoms with Crippen molar-refractivity contribution in [3.63, 3.8) is 0 Å². The minimum atomic E-state index is -0.277. The van der Waals surface area contributed by atoms with Gasteiger partial charge in [0.25, 0.3) is 0 Å². The highest BCUT2D eigenvalue weighted by Crippen LogP contribution is 2.68. The van der Waals surface area contributed by atoms with Gasteiger partial charge in [-0.2, -0.15) is 0 Å². The summed E-state index contributed by atoms with van der Waals surface area (Å²) in [6.07, 6.45) is 17.2. The molecule has 0 unspecified atom stereocenters. The zero-order valence-electron chi connectivity index (χ0n) is 27.2. The summed E-state index contributed by atoms with van der Waals surface area (Å²) in [5.74, 6) is 5.68. The fourth-order valence-corrected chi connectivity index (χ4v) is 10.4. The second-order valence-electron chi connectivity index (χ2n) is 15.3. The molecule has 0 aliphatic heterocycles. The predicted molar refractivity (Wildman–Crippen MR) is 171 cm³/mol. The first-order valence-electron chi connectivity index (χ1n) is 16.9. The van der Waals surface area contributed by atoms with Crippen molar-refractivity contribution in [1.82, 2.24) is 0 Å². The molecule has 0 aromatic heterocycles. The van der Waals surface area contributed by atoms with Gasteiger partial charge >= 0.3 is 5.97 Å². The van der Waals surface area contributed by atoms with Gasteiger partial charge in [-0.15, -0.1) is 0 Å². The van der Waals surface area contributed by atoms with Crippen LogP contribution in [0.3, 0.4) is 0 Å². The smallest absolute Gasteiger partial charge is 0.331 e. The number of phenolic OH excluding ortho intramolecular Hbond substituents is 1. The molecule has 9 atom stereocenters. The second-order valence-corrected chi connectivity index (χ2v) is 15.3. The maximum Gasteiger partial charge on any atom is 0.331 e. The average molecular weight is 577 g/mol. The van der Waals surface area contributed by atoms with Crippen molar-refractivity contribution in [2.75, 3.05) is 7.11 Å². The first kappa shape index (κ1) is 31.2. The molecule has 4 nitrogen and oxygen atoms in total. The molecule has 0 saturated heterocycles. The number of benzene rings is 1. The zero-order valence-corrected chi connectivity index (χ0v) is 27.2.